The molecule has 1 N–H and O–H groups in total. The zero-order valence-corrected chi connectivity index (χ0v) is 19.7. The number of rotatable bonds is 7. The van der Waals surface area contributed by atoms with E-state index in [2.05, 4.69) is 56.2 Å². The van der Waals surface area contributed by atoms with Gasteiger partial charge in [0.15, 0.2) is 0 Å². The number of esters is 1. The first-order valence-corrected chi connectivity index (χ1v) is 11.8. The number of carbonyl (C=O) groups is 2. The number of ether oxygens (including phenoxy) is 1. The Bertz CT molecular complexity index is 1090. The van der Waals surface area contributed by atoms with Crippen molar-refractivity contribution >= 4 is 28.9 Å². The summed E-state index contributed by atoms with van der Waals surface area (Å²) in [4.78, 5) is 33.4. The molecule has 0 unspecified atom stereocenters. The molecule has 1 saturated heterocycles. The van der Waals surface area contributed by atoms with Crippen molar-refractivity contribution in [2.24, 2.45) is 0 Å². The summed E-state index contributed by atoms with van der Waals surface area (Å²) in [7, 11) is 3.50. The van der Waals surface area contributed by atoms with Crippen LogP contribution in [0.3, 0.4) is 0 Å². The summed E-state index contributed by atoms with van der Waals surface area (Å²) in [6.45, 7) is 5.41. The fraction of sp³-hybridized carbons (Fsp3) is 0.320. The first-order valence-electron chi connectivity index (χ1n) is 10.9. The predicted molar refractivity (Wildman–Crippen MR) is 130 cm³/mol. The zero-order chi connectivity index (χ0) is 23.2. The Morgan fingerprint density at radius 1 is 1.03 bits per heavy atom. The average Bonchev–Trinajstić information content (AvgIpc) is 3.29. The molecule has 0 saturated carbocycles. The van der Waals surface area contributed by atoms with Crippen molar-refractivity contribution in [3.8, 4) is 10.6 Å². The average molecular weight is 465 g/mol. The van der Waals surface area contributed by atoms with Crippen LogP contribution in [0.15, 0.2) is 53.9 Å². The molecular weight excluding hydrogens is 436 g/mol. The highest BCUT2D eigenvalue weighted by Gasteiger charge is 2.14. The van der Waals surface area contributed by atoms with E-state index in [0.29, 0.717) is 11.3 Å². The van der Waals surface area contributed by atoms with Gasteiger partial charge in [-0.15, -0.1) is 11.3 Å². The van der Waals surface area contributed by atoms with Crippen LogP contribution >= 0.6 is 11.3 Å². The minimum Gasteiger partial charge on any atom is -0.465 e. The number of hydrogen-bond donors (Lipinski definition) is 1. The number of methoxy groups -OCH3 is 1. The highest BCUT2D eigenvalue weighted by molar-refractivity contribution is 7.13. The maximum Gasteiger partial charge on any atom is 0.337 e. The van der Waals surface area contributed by atoms with Gasteiger partial charge in [-0.1, -0.05) is 24.3 Å². The quantitative estimate of drug-likeness (QED) is 0.540. The highest BCUT2D eigenvalue weighted by atomic mass is 32.1. The molecule has 7 nitrogen and oxygen atoms in total. The van der Waals surface area contributed by atoms with Crippen molar-refractivity contribution < 1.29 is 14.3 Å². The molecule has 0 spiro atoms. The smallest absolute Gasteiger partial charge is 0.337 e. The minimum atomic E-state index is -0.407. The molecule has 2 heterocycles. The third-order valence-corrected chi connectivity index (χ3v) is 6.63. The van der Waals surface area contributed by atoms with Crippen molar-refractivity contribution in [1.29, 1.82) is 0 Å². The first-order chi connectivity index (χ1) is 16.0. The Balaban J connectivity index is 1.31. The molecule has 8 heteroatoms. The highest BCUT2D eigenvalue weighted by Crippen LogP contribution is 2.25. The molecule has 1 aromatic heterocycles. The van der Waals surface area contributed by atoms with Crippen LogP contribution in [0, 0.1) is 0 Å². The van der Waals surface area contributed by atoms with Crippen LogP contribution < -0.4 is 5.32 Å². The van der Waals surface area contributed by atoms with E-state index in [1.807, 2.05) is 5.38 Å². The second-order valence-electron chi connectivity index (χ2n) is 8.21. The van der Waals surface area contributed by atoms with Gasteiger partial charge in [0.1, 0.15) is 5.01 Å². The Labute approximate surface area is 198 Å². The largest absolute Gasteiger partial charge is 0.465 e. The SMILES string of the molecule is COC(=O)c1ccc(NC(=O)Cc2csc(-c3ccc(CN4CCN(C)CC4)cc3)n2)cc1. The number of hydrogen-bond acceptors (Lipinski definition) is 7. The number of benzene rings is 2. The van der Waals surface area contributed by atoms with Crippen molar-refractivity contribution in [2.45, 2.75) is 13.0 Å². The predicted octanol–water partition coefficient (Wildman–Crippen LogP) is 3.53. The fourth-order valence-electron chi connectivity index (χ4n) is 3.71. The number of aromatic nitrogens is 1. The van der Waals surface area contributed by atoms with Crippen LogP contribution in [0.25, 0.3) is 10.6 Å². The van der Waals surface area contributed by atoms with Crippen LogP contribution in [0.2, 0.25) is 0 Å². The monoisotopic (exact) mass is 464 g/mol. The minimum absolute atomic E-state index is 0.153. The van der Waals surface area contributed by atoms with Crippen molar-refractivity contribution in [3.63, 3.8) is 0 Å². The molecule has 33 heavy (non-hydrogen) atoms. The van der Waals surface area contributed by atoms with Crippen molar-refractivity contribution in [2.75, 3.05) is 45.7 Å². The van der Waals surface area contributed by atoms with E-state index in [-0.39, 0.29) is 12.3 Å². The first kappa shape index (κ1) is 23.1. The van der Waals surface area contributed by atoms with Crippen LogP contribution in [0.5, 0.6) is 0 Å². The Hall–Kier alpha value is -3.07. The van der Waals surface area contributed by atoms with E-state index in [1.165, 1.54) is 12.7 Å². The number of likely N-dealkylation sites (N-methyl/N-ethyl adjacent to an activating group) is 1. The third-order valence-electron chi connectivity index (χ3n) is 5.69. The Kier molecular flexibility index (Phi) is 7.49. The van der Waals surface area contributed by atoms with Gasteiger partial charge in [-0.25, -0.2) is 9.78 Å². The van der Waals surface area contributed by atoms with E-state index in [4.69, 9.17) is 0 Å². The lowest BCUT2D eigenvalue weighted by atomic mass is 10.1. The number of carbonyl (C=O) groups excluding carboxylic acids is 2. The molecule has 3 aromatic rings. The van der Waals surface area contributed by atoms with Gasteiger partial charge in [0.2, 0.25) is 5.91 Å². The number of amides is 1. The zero-order valence-electron chi connectivity index (χ0n) is 18.9. The Morgan fingerprint density at radius 3 is 2.39 bits per heavy atom. The maximum absolute atomic E-state index is 12.4. The molecule has 1 fully saturated rings. The number of anilines is 1. The maximum atomic E-state index is 12.4. The number of piperazine rings is 1. The van der Waals surface area contributed by atoms with E-state index in [0.717, 1.165) is 49.0 Å². The molecule has 1 amide bonds. The number of nitrogens with one attached hydrogen (secondary N) is 1. The van der Waals surface area contributed by atoms with Gasteiger partial charge in [0, 0.05) is 49.4 Å². The molecule has 172 valence electrons. The van der Waals surface area contributed by atoms with Gasteiger partial charge >= 0.3 is 5.97 Å². The van der Waals surface area contributed by atoms with Crippen molar-refractivity contribution in [1.82, 2.24) is 14.8 Å². The van der Waals surface area contributed by atoms with Gasteiger partial charge < -0.3 is 15.0 Å². The second-order valence-corrected chi connectivity index (χ2v) is 9.07. The second kappa shape index (κ2) is 10.7. The van der Waals surface area contributed by atoms with Gasteiger partial charge in [0.05, 0.1) is 24.8 Å². The van der Waals surface area contributed by atoms with Crippen LogP contribution in [-0.2, 0) is 22.5 Å². The lowest BCUT2D eigenvalue weighted by Gasteiger charge is -2.32. The van der Waals surface area contributed by atoms with Crippen LogP contribution in [-0.4, -0.2) is 67.0 Å². The fourth-order valence-corrected chi connectivity index (χ4v) is 4.54. The van der Waals surface area contributed by atoms with E-state index in [1.54, 1.807) is 35.6 Å². The molecule has 0 aliphatic carbocycles. The summed E-state index contributed by atoms with van der Waals surface area (Å²) in [6.07, 6.45) is 0.191. The topological polar surface area (TPSA) is 74.8 Å². The third kappa shape index (κ3) is 6.25. The van der Waals surface area contributed by atoms with Crippen molar-refractivity contribution in [3.05, 3.63) is 70.7 Å². The molecule has 0 bridgehead atoms. The molecular formula is C25H28N4O3S. The summed E-state index contributed by atoms with van der Waals surface area (Å²) < 4.78 is 4.68. The Morgan fingerprint density at radius 2 is 1.73 bits per heavy atom. The van der Waals surface area contributed by atoms with E-state index >= 15 is 0 Å². The van der Waals surface area contributed by atoms with E-state index in [9.17, 15) is 9.59 Å². The molecule has 0 atom stereocenters. The number of thiazole rings is 1. The summed E-state index contributed by atoms with van der Waals surface area (Å²) in [5, 5.41) is 5.67. The van der Waals surface area contributed by atoms with Crippen LogP contribution in [0.1, 0.15) is 21.6 Å². The van der Waals surface area contributed by atoms with Gasteiger partial charge in [0.25, 0.3) is 0 Å². The van der Waals surface area contributed by atoms with Gasteiger partial charge in [-0.3, -0.25) is 9.69 Å². The van der Waals surface area contributed by atoms with Crippen LogP contribution in [0.4, 0.5) is 5.69 Å². The molecule has 2 aromatic carbocycles. The standard InChI is InChI=1S/C25H28N4O3S/c1-28-11-13-29(14-12-28)16-18-3-5-19(6-4-18)24-27-22(17-33-24)15-23(30)26-21-9-7-20(8-10-21)25(31)32-2/h3-10,17H,11-16H2,1-2H3,(H,26,30). The molecule has 4 rings (SSSR count). The molecule has 0 radical (unpaired) electrons. The molecule has 1 aliphatic heterocycles. The molecule has 1 aliphatic rings. The lowest BCUT2D eigenvalue weighted by molar-refractivity contribution is -0.115. The van der Waals surface area contributed by atoms with E-state index < -0.39 is 5.97 Å². The normalized spacial score (nSPS) is 14.7. The summed E-state index contributed by atoms with van der Waals surface area (Å²) in [5.74, 6) is -0.560. The summed E-state index contributed by atoms with van der Waals surface area (Å²) in [6, 6.07) is 15.2. The summed E-state index contributed by atoms with van der Waals surface area (Å²) in [5.41, 5.74) is 4.17. The summed E-state index contributed by atoms with van der Waals surface area (Å²) >= 11 is 1.54. The van der Waals surface area contributed by atoms with Gasteiger partial charge in [-0.05, 0) is 36.9 Å². The number of nitrogens with zero attached hydrogens (tertiary/aromatic N) is 3. The lowest BCUT2D eigenvalue weighted by Crippen LogP contribution is -2.43. The van der Waals surface area contributed by atoms with Gasteiger partial charge in [-0.2, -0.15) is 0 Å².